The molecule has 2 aromatic heterocycles. The van der Waals surface area contributed by atoms with Gasteiger partial charge in [0.15, 0.2) is 12.4 Å². The molecular formula is C16H17N5O4. The zero-order valence-corrected chi connectivity index (χ0v) is 13.6. The Hall–Kier alpha value is -3.49. The van der Waals surface area contributed by atoms with Gasteiger partial charge in [0.1, 0.15) is 5.56 Å². The largest absolute Gasteiger partial charge is 0.452 e. The molecule has 3 amide bonds. The van der Waals surface area contributed by atoms with Gasteiger partial charge in [-0.15, -0.1) is 6.58 Å². The van der Waals surface area contributed by atoms with Crippen molar-refractivity contribution >= 4 is 17.9 Å². The van der Waals surface area contributed by atoms with Crippen molar-refractivity contribution in [1.29, 1.82) is 0 Å². The molecule has 9 heteroatoms. The third-order valence-electron chi connectivity index (χ3n) is 3.09. The molecule has 25 heavy (non-hydrogen) atoms. The molecule has 2 N–H and O–H groups in total. The van der Waals surface area contributed by atoms with Gasteiger partial charge in [0.2, 0.25) is 0 Å². The van der Waals surface area contributed by atoms with E-state index in [1.165, 1.54) is 17.0 Å². The van der Waals surface area contributed by atoms with Crippen molar-refractivity contribution in [3.05, 3.63) is 54.5 Å². The minimum Gasteiger partial charge on any atom is -0.452 e. The number of amides is 3. The first-order valence-corrected chi connectivity index (χ1v) is 7.34. The van der Waals surface area contributed by atoms with Crippen molar-refractivity contribution in [3.63, 3.8) is 0 Å². The molecule has 2 heterocycles. The molecule has 0 aliphatic heterocycles. The van der Waals surface area contributed by atoms with Crippen LogP contribution in [-0.2, 0) is 9.53 Å². The van der Waals surface area contributed by atoms with Gasteiger partial charge in [-0.2, -0.15) is 5.10 Å². The minimum atomic E-state index is -0.746. The van der Waals surface area contributed by atoms with E-state index in [2.05, 4.69) is 22.0 Å². The highest BCUT2D eigenvalue weighted by molar-refractivity contribution is 5.97. The summed E-state index contributed by atoms with van der Waals surface area (Å²) >= 11 is 0. The van der Waals surface area contributed by atoms with Gasteiger partial charge in [-0.25, -0.2) is 19.3 Å². The summed E-state index contributed by atoms with van der Waals surface area (Å²) in [5.74, 6) is -0.915. The van der Waals surface area contributed by atoms with Crippen molar-refractivity contribution < 1.29 is 19.1 Å². The van der Waals surface area contributed by atoms with Crippen LogP contribution in [0.3, 0.4) is 0 Å². The lowest BCUT2D eigenvalue weighted by atomic mass is 10.2. The van der Waals surface area contributed by atoms with E-state index in [4.69, 9.17) is 4.74 Å². The Bertz CT molecular complexity index is 785. The molecule has 0 saturated heterocycles. The summed E-state index contributed by atoms with van der Waals surface area (Å²) in [4.78, 5) is 39.1. The van der Waals surface area contributed by atoms with Crippen LogP contribution in [0.25, 0.3) is 5.82 Å². The van der Waals surface area contributed by atoms with Gasteiger partial charge >= 0.3 is 12.0 Å². The molecule has 0 unspecified atom stereocenters. The first-order valence-electron chi connectivity index (χ1n) is 7.34. The summed E-state index contributed by atoms with van der Waals surface area (Å²) in [5.41, 5.74) is 0.724. The highest BCUT2D eigenvalue weighted by atomic mass is 16.5. The Morgan fingerprint density at radius 1 is 1.36 bits per heavy atom. The number of nitrogens with one attached hydrogen (secondary N) is 2. The molecule has 130 valence electrons. The van der Waals surface area contributed by atoms with Crippen molar-refractivity contribution in [2.45, 2.75) is 6.92 Å². The second-order valence-electron chi connectivity index (χ2n) is 4.87. The van der Waals surface area contributed by atoms with Crippen molar-refractivity contribution in [3.8, 4) is 5.82 Å². The van der Waals surface area contributed by atoms with Crippen molar-refractivity contribution in [1.82, 2.24) is 25.4 Å². The Labute approximate surface area is 143 Å². The van der Waals surface area contributed by atoms with E-state index in [0.29, 0.717) is 11.5 Å². The van der Waals surface area contributed by atoms with Crippen LogP contribution in [0.2, 0.25) is 0 Å². The van der Waals surface area contributed by atoms with Gasteiger partial charge < -0.3 is 10.1 Å². The number of urea groups is 1. The normalized spacial score (nSPS) is 9.96. The number of rotatable bonds is 6. The minimum absolute atomic E-state index is 0.203. The zero-order chi connectivity index (χ0) is 18.2. The van der Waals surface area contributed by atoms with Gasteiger partial charge in [0, 0.05) is 12.7 Å². The Balaban J connectivity index is 1.93. The van der Waals surface area contributed by atoms with Crippen LogP contribution in [0.15, 0.2) is 43.2 Å². The predicted molar refractivity (Wildman–Crippen MR) is 88.1 cm³/mol. The highest BCUT2D eigenvalue weighted by Crippen LogP contribution is 2.13. The first kappa shape index (κ1) is 17.9. The number of carbonyl (C=O) groups excluding carboxylic acids is 3. The Kier molecular flexibility index (Phi) is 5.99. The van der Waals surface area contributed by atoms with Crippen LogP contribution in [0, 0.1) is 6.92 Å². The van der Waals surface area contributed by atoms with Gasteiger partial charge in [-0.3, -0.25) is 10.1 Å². The molecule has 0 radical (unpaired) electrons. The molecule has 9 nitrogen and oxygen atoms in total. The van der Waals surface area contributed by atoms with E-state index >= 15 is 0 Å². The number of imide groups is 1. The fourth-order valence-corrected chi connectivity index (χ4v) is 1.90. The number of carbonyl (C=O) groups is 3. The van der Waals surface area contributed by atoms with E-state index in [1.807, 2.05) is 5.32 Å². The van der Waals surface area contributed by atoms with Crippen molar-refractivity contribution in [2.24, 2.45) is 0 Å². The summed E-state index contributed by atoms with van der Waals surface area (Å²) in [6.45, 7) is 4.73. The van der Waals surface area contributed by atoms with E-state index < -0.39 is 24.5 Å². The molecule has 0 atom stereocenters. The molecule has 0 aliphatic rings. The molecule has 0 aromatic carbocycles. The average Bonchev–Trinajstić information content (AvgIpc) is 3.00. The van der Waals surface area contributed by atoms with Crippen LogP contribution >= 0.6 is 0 Å². The van der Waals surface area contributed by atoms with Crippen LogP contribution in [-0.4, -0.2) is 45.8 Å². The maximum Gasteiger partial charge on any atom is 0.342 e. The monoisotopic (exact) mass is 343 g/mol. The fourth-order valence-electron chi connectivity index (χ4n) is 1.90. The maximum absolute atomic E-state index is 12.1. The van der Waals surface area contributed by atoms with Gasteiger partial charge in [-0.05, 0) is 19.1 Å². The van der Waals surface area contributed by atoms with Gasteiger partial charge in [0.05, 0.1) is 11.9 Å². The molecule has 2 aromatic rings. The van der Waals surface area contributed by atoms with Crippen LogP contribution in [0.1, 0.15) is 16.1 Å². The number of aromatic nitrogens is 3. The lowest BCUT2D eigenvalue weighted by molar-refractivity contribution is -0.123. The molecule has 0 bridgehead atoms. The third kappa shape index (κ3) is 4.74. The Morgan fingerprint density at radius 2 is 2.16 bits per heavy atom. The van der Waals surface area contributed by atoms with Gasteiger partial charge in [0.25, 0.3) is 5.91 Å². The quantitative estimate of drug-likeness (QED) is 0.590. The highest BCUT2D eigenvalue weighted by Gasteiger charge is 2.18. The fraction of sp³-hybridized carbons (Fsp3) is 0.188. The second kappa shape index (κ2) is 8.39. The SMILES string of the molecule is C=CCNC(=O)NC(=O)COC(=O)c1cnn(-c2ccccn2)c1C. The number of pyridine rings is 1. The standard InChI is InChI=1S/C16H17N5O4/c1-3-7-18-16(24)20-14(22)10-25-15(23)12-9-19-21(11(12)2)13-6-4-5-8-17-13/h3-6,8-9H,1,7,10H2,2H3,(H2,18,20,22,24). The second-order valence-corrected chi connectivity index (χ2v) is 4.87. The maximum atomic E-state index is 12.1. The summed E-state index contributed by atoms with van der Waals surface area (Å²) in [6, 6.07) is 4.61. The Morgan fingerprint density at radius 3 is 2.84 bits per heavy atom. The lowest BCUT2D eigenvalue weighted by Crippen LogP contribution is -2.41. The molecular weight excluding hydrogens is 326 g/mol. The third-order valence-corrected chi connectivity index (χ3v) is 3.09. The number of hydrogen-bond acceptors (Lipinski definition) is 6. The lowest BCUT2D eigenvalue weighted by Gasteiger charge is -2.06. The summed E-state index contributed by atoms with van der Waals surface area (Å²) < 4.78 is 6.39. The summed E-state index contributed by atoms with van der Waals surface area (Å²) in [5, 5.41) is 8.48. The van der Waals surface area contributed by atoms with Crippen LogP contribution < -0.4 is 10.6 Å². The molecule has 0 aliphatic carbocycles. The number of esters is 1. The molecule has 2 rings (SSSR count). The predicted octanol–water partition coefficient (Wildman–Crippen LogP) is 0.744. The molecule has 0 spiro atoms. The van der Waals surface area contributed by atoms with Crippen LogP contribution in [0.4, 0.5) is 4.79 Å². The van der Waals surface area contributed by atoms with E-state index in [1.54, 1.807) is 31.3 Å². The molecule has 0 fully saturated rings. The number of hydrogen-bond donors (Lipinski definition) is 2. The average molecular weight is 343 g/mol. The number of nitrogens with zero attached hydrogens (tertiary/aromatic N) is 3. The topological polar surface area (TPSA) is 115 Å². The summed E-state index contributed by atoms with van der Waals surface area (Å²) in [7, 11) is 0. The zero-order valence-electron chi connectivity index (χ0n) is 13.6. The van der Waals surface area contributed by atoms with Crippen molar-refractivity contribution in [2.75, 3.05) is 13.2 Å². The van der Waals surface area contributed by atoms with E-state index in [9.17, 15) is 14.4 Å². The van der Waals surface area contributed by atoms with E-state index in [0.717, 1.165) is 0 Å². The number of ether oxygens (including phenoxy) is 1. The first-order chi connectivity index (χ1) is 12.0. The van der Waals surface area contributed by atoms with E-state index in [-0.39, 0.29) is 12.1 Å². The summed E-state index contributed by atoms with van der Waals surface area (Å²) in [6.07, 6.45) is 4.41. The van der Waals surface area contributed by atoms with Crippen LogP contribution in [0.5, 0.6) is 0 Å². The molecule has 0 saturated carbocycles. The smallest absolute Gasteiger partial charge is 0.342 e. The van der Waals surface area contributed by atoms with Gasteiger partial charge in [-0.1, -0.05) is 12.1 Å².